The molecule has 0 bridgehead atoms. The first kappa shape index (κ1) is 16.0. The third-order valence-electron chi connectivity index (χ3n) is 3.42. The monoisotopic (exact) mass is 338 g/mol. The summed E-state index contributed by atoms with van der Waals surface area (Å²) in [6, 6.07) is 19.7. The Bertz CT molecular complexity index is 817. The van der Waals surface area contributed by atoms with E-state index in [4.69, 9.17) is 17.0 Å². The van der Waals surface area contributed by atoms with Crippen molar-refractivity contribution in [3.63, 3.8) is 0 Å². The number of anilines is 2. The summed E-state index contributed by atoms with van der Waals surface area (Å²) >= 11 is 5.34. The largest absolute Gasteiger partial charge is 0.495 e. The minimum atomic E-state index is 0.462. The lowest BCUT2D eigenvalue weighted by atomic mass is 10.2. The van der Waals surface area contributed by atoms with E-state index in [0.29, 0.717) is 10.9 Å². The van der Waals surface area contributed by atoms with Gasteiger partial charge in [-0.2, -0.15) is 5.10 Å². The number of benzene rings is 2. The first-order chi connectivity index (χ1) is 11.7. The molecule has 3 aromatic rings. The van der Waals surface area contributed by atoms with Crippen LogP contribution < -0.4 is 15.4 Å². The van der Waals surface area contributed by atoms with Crippen molar-refractivity contribution in [2.45, 2.75) is 6.54 Å². The van der Waals surface area contributed by atoms with Gasteiger partial charge in [-0.25, -0.2) is 0 Å². The Morgan fingerprint density at radius 2 is 1.79 bits per heavy atom. The van der Waals surface area contributed by atoms with Crippen LogP contribution in [0.5, 0.6) is 5.75 Å². The first-order valence-corrected chi connectivity index (χ1v) is 7.94. The molecule has 0 fully saturated rings. The number of para-hydroxylation sites is 2. The number of ether oxygens (including phenoxy) is 1. The van der Waals surface area contributed by atoms with Crippen molar-refractivity contribution in [2.75, 3.05) is 17.7 Å². The summed E-state index contributed by atoms with van der Waals surface area (Å²) in [5, 5.41) is 11.1. The van der Waals surface area contributed by atoms with Gasteiger partial charge in [0.2, 0.25) is 0 Å². The van der Waals surface area contributed by atoms with Gasteiger partial charge < -0.3 is 15.4 Å². The quantitative estimate of drug-likeness (QED) is 0.694. The van der Waals surface area contributed by atoms with Crippen LogP contribution in [0.2, 0.25) is 0 Å². The van der Waals surface area contributed by atoms with Crippen LogP contribution in [0.4, 0.5) is 11.5 Å². The lowest BCUT2D eigenvalue weighted by Gasteiger charge is -2.11. The van der Waals surface area contributed by atoms with Crippen LogP contribution in [0, 0.1) is 0 Å². The van der Waals surface area contributed by atoms with E-state index < -0.39 is 0 Å². The number of nitrogens with zero attached hydrogens (tertiary/aromatic N) is 2. The first-order valence-electron chi connectivity index (χ1n) is 7.53. The number of thiocarbonyl (C=S) groups is 1. The van der Waals surface area contributed by atoms with Gasteiger partial charge in [-0.3, -0.25) is 4.68 Å². The highest BCUT2D eigenvalue weighted by Gasteiger charge is 2.06. The van der Waals surface area contributed by atoms with Crippen molar-refractivity contribution in [3.05, 3.63) is 72.4 Å². The molecule has 5 nitrogen and oxygen atoms in total. The summed E-state index contributed by atoms with van der Waals surface area (Å²) in [5.74, 6) is 1.43. The fraction of sp³-hybridized carbons (Fsp3) is 0.111. The van der Waals surface area contributed by atoms with Crippen LogP contribution in [0.25, 0.3) is 0 Å². The van der Waals surface area contributed by atoms with Gasteiger partial charge in [-0.15, -0.1) is 0 Å². The van der Waals surface area contributed by atoms with Gasteiger partial charge in [0.15, 0.2) is 10.9 Å². The summed E-state index contributed by atoms with van der Waals surface area (Å²) in [4.78, 5) is 0. The van der Waals surface area contributed by atoms with Crippen molar-refractivity contribution in [2.24, 2.45) is 0 Å². The van der Waals surface area contributed by atoms with Crippen molar-refractivity contribution in [3.8, 4) is 5.75 Å². The van der Waals surface area contributed by atoms with E-state index in [-0.39, 0.29) is 0 Å². The number of nitrogens with one attached hydrogen (secondary N) is 2. The Hall–Kier alpha value is -2.86. The minimum Gasteiger partial charge on any atom is -0.495 e. The molecule has 0 spiro atoms. The normalized spacial score (nSPS) is 10.2. The number of methoxy groups -OCH3 is 1. The highest BCUT2D eigenvalue weighted by Crippen LogP contribution is 2.23. The van der Waals surface area contributed by atoms with Crippen LogP contribution >= 0.6 is 12.2 Å². The van der Waals surface area contributed by atoms with E-state index in [1.165, 1.54) is 5.56 Å². The van der Waals surface area contributed by atoms with E-state index in [0.717, 1.165) is 18.0 Å². The highest BCUT2D eigenvalue weighted by atomic mass is 32.1. The molecule has 0 unspecified atom stereocenters. The van der Waals surface area contributed by atoms with Crippen LogP contribution in [-0.2, 0) is 6.54 Å². The third kappa shape index (κ3) is 4.11. The number of rotatable bonds is 5. The predicted molar refractivity (Wildman–Crippen MR) is 101 cm³/mol. The molecule has 6 heteroatoms. The van der Waals surface area contributed by atoms with Gasteiger partial charge in [0.25, 0.3) is 0 Å². The standard InChI is InChI=1S/C18H18N4OS/c1-23-16-10-6-5-9-15(16)19-18(24)20-17-11-12-22(21-17)13-14-7-3-2-4-8-14/h2-12H,13H2,1H3,(H2,19,20,21,24). The maximum atomic E-state index is 5.34. The van der Waals surface area contributed by atoms with E-state index in [1.54, 1.807) is 7.11 Å². The molecule has 3 rings (SSSR count). The number of aromatic nitrogens is 2. The molecule has 0 aliphatic carbocycles. The van der Waals surface area contributed by atoms with Crippen molar-refractivity contribution in [1.82, 2.24) is 9.78 Å². The second-order valence-corrected chi connectivity index (χ2v) is 5.57. The van der Waals surface area contributed by atoms with E-state index in [1.807, 2.05) is 59.4 Å². The van der Waals surface area contributed by atoms with E-state index >= 15 is 0 Å². The molecule has 0 saturated heterocycles. The second kappa shape index (κ2) is 7.61. The summed E-state index contributed by atoms with van der Waals surface area (Å²) in [5.41, 5.74) is 2.00. The van der Waals surface area contributed by atoms with Gasteiger partial charge in [0.1, 0.15) is 5.75 Å². The van der Waals surface area contributed by atoms with Gasteiger partial charge in [0.05, 0.1) is 19.3 Å². The number of hydrogen-bond acceptors (Lipinski definition) is 3. The fourth-order valence-corrected chi connectivity index (χ4v) is 2.52. The van der Waals surface area contributed by atoms with E-state index in [2.05, 4.69) is 27.9 Å². The molecule has 0 radical (unpaired) electrons. The SMILES string of the molecule is COc1ccccc1NC(=S)Nc1ccn(Cc2ccccc2)n1. The topological polar surface area (TPSA) is 51.1 Å². The van der Waals surface area contributed by atoms with Crippen LogP contribution in [0.1, 0.15) is 5.56 Å². The summed E-state index contributed by atoms with van der Waals surface area (Å²) in [7, 11) is 1.63. The summed E-state index contributed by atoms with van der Waals surface area (Å²) < 4.78 is 7.16. The maximum absolute atomic E-state index is 5.34. The van der Waals surface area contributed by atoms with Crippen molar-refractivity contribution in [1.29, 1.82) is 0 Å². The second-order valence-electron chi connectivity index (χ2n) is 5.16. The molecular weight excluding hydrogens is 320 g/mol. The van der Waals surface area contributed by atoms with Crippen LogP contribution in [0.3, 0.4) is 0 Å². The molecule has 0 atom stereocenters. The average Bonchev–Trinajstić information content (AvgIpc) is 3.03. The Labute approximate surface area is 146 Å². The molecular formula is C18H18N4OS. The lowest BCUT2D eigenvalue weighted by Crippen LogP contribution is -2.20. The zero-order chi connectivity index (χ0) is 16.8. The lowest BCUT2D eigenvalue weighted by molar-refractivity contribution is 0.417. The van der Waals surface area contributed by atoms with Crippen LogP contribution in [-0.4, -0.2) is 22.0 Å². The molecule has 0 amide bonds. The Balaban J connectivity index is 1.61. The zero-order valence-electron chi connectivity index (χ0n) is 13.3. The van der Waals surface area contributed by atoms with Crippen molar-refractivity contribution >= 4 is 28.8 Å². The Morgan fingerprint density at radius 1 is 1.04 bits per heavy atom. The van der Waals surface area contributed by atoms with Gasteiger partial charge in [-0.05, 0) is 29.9 Å². The fourth-order valence-electron chi connectivity index (χ4n) is 2.30. The zero-order valence-corrected chi connectivity index (χ0v) is 14.1. The van der Waals surface area contributed by atoms with Gasteiger partial charge in [0, 0.05) is 12.3 Å². The molecule has 2 aromatic carbocycles. The summed E-state index contributed by atoms with van der Waals surface area (Å²) in [6.45, 7) is 0.717. The van der Waals surface area contributed by atoms with Gasteiger partial charge in [-0.1, -0.05) is 42.5 Å². The van der Waals surface area contributed by atoms with Gasteiger partial charge >= 0.3 is 0 Å². The molecule has 1 heterocycles. The van der Waals surface area contributed by atoms with Crippen LogP contribution in [0.15, 0.2) is 66.9 Å². The Morgan fingerprint density at radius 3 is 2.58 bits per heavy atom. The number of hydrogen-bond donors (Lipinski definition) is 2. The predicted octanol–water partition coefficient (Wildman–Crippen LogP) is 3.75. The average molecular weight is 338 g/mol. The van der Waals surface area contributed by atoms with Crippen molar-refractivity contribution < 1.29 is 4.74 Å². The molecule has 0 aliphatic rings. The third-order valence-corrected chi connectivity index (χ3v) is 3.63. The Kier molecular flexibility index (Phi) is 5.08. The summed E-state index contributed by atoms with van der Waals surface area (Å²) in [6.07, 6.45) is 1.92. The highest BCUT2D eigenvalue weighted by molar-refractivity contribution is 7.80. The molecule has 1 aromatic heterocycles. The minimum absolute atomic E-state index is 0.462. The molecule has 24 heavy (non-hydrogen) atoms. The van der Waals surface area contributed by atoms with E-state index in [9.17, 15) is 0 Å². The molecule has 0 saturated carbocycles. The molecule has 122 valence electrons. The molecule has 0 aliphatic heterocycles. The smallest absolute Gasteiger partial charge is 0.176 e. The molecule has 2 N–H and O–H groups in total. The maximum Gasteiger partial charge on any atom is 0.176 e.